The summed E-state index contributed by atoms with van der Waals surface area (Å²) in [5.41, 5.74) is 1.04. The van der Waals surface area contributed by atoms with E-state index in [-0.39, 0.29) is 12.0 Å². The lowest BCUT2D eigenvalue weighted by Crippen LogP contribution is -2.56. The summed E-state index contributed by atoms with van der Waals surface area (Å²) >= 11 is 3.38. The number of hydrogen-bond acceptors (Lipinski definition) is 4. The quantitative estimate of drug-likeness (QED) is 0.846. The minimum Gasteiger partial charge on any atom is -0.470 e. The molecule has 0 bridgehead atoms. The molecule has 0 saturated carbocycles. The maximum Gasteiger partial charge on any atom is 0.255 e. The van der Waals surface area contributed by atoms with E-state index in [0.717, 1.165) is 4.47 Å². The molecule has 6 heteroatoms. The monoisotopic (exact) mass is 357 g/mol. The van der Waals surface area contributed by atoms with Gasteiger partial charge in [0.15, 0.2) is 0 Å². The Labute approximate surface area is 136 Å². The van der Waals surface area contributed by atoms with E-state index in [0.29, 0.717) is 30.1 Å². The summed E-state index contributed by atoms with van der Waals surface area (Å²) < 4.78 is 6.46. The molecule has 1 fully saturated rings. The fourth-order valence-corrected chi connectivity index (χ4v) is 2.67. The second kappa shape index (κ2) is 6.16. The van der Waals surface area contributed by atoms with Crippen LogP contribution in [-0.2, 0) is 0 Å². The Hall–Kier alpha value is -2.39. The molecule has 2 heterocycles. The van der Waals surface area contributed by atoms with Gasteiger partial charge in [0.1, 0.15) is 17.7 Å². The summed E-state index contributed by atoms with van der Waals surface area (Å²) in [5, 5.41) is 9.00. The Balaban J connectivity index is 1.62. The van der Waals surface area contributed by atoms with Crippen LogP contribution in [0.15, 0.2) is 47.1 Å². The number of amides is 1. The molecule has 5 nitrogen and oxygen atoms in total. The Morgan fingerprint density at radius 1 is 1.32 bits per heavy atom. The first kappa shape index (κ1) is 14.5. The highest BCUT2D eigenvalue weighted by atomic mass is 79.9. The van der Waals surface area contributed by atoms with Crippen molar-refractivity contribution in [1.29, 1.82) is 5.26 Å². The fourth-order valence-electron chi connectivity index (χ4n) is 2.21. The van der Waals surface area contributed by atoms with Gasteiger partial charge in [-0.25, -0.2) is 4.98 Å². The van der Waals surface area contributed by atoms with Crippen molar-refractivity contribution in [1.82, 2.24) is 9.88 Å². The summed E-state index contributed by atoms with van der Waals surface area (Å²) in [6.07, 6.45) is 1.45. The van der Waals surface area contributed by atoms with Gasteiger partial charge in [-0.3, -0.25) is 4.79 Å². The van der Waals surface area contributed by atoms with Crippen LogP contribution in [0.1, 0.15) is 15.9 Å². The highest BCUT2D eigenvalue weighted by Crippen LogP contribution is 2.23. The van der Waals surface area contributed by atoms with Crippen LogP contribution in [0, 0.1) is 11.3 Å². The van der Waals surface area contributed by atoms with Gasteiger partial charge in [0.05, 0.1) is 18.7 Å². The first-order valence-corrected chi connectivity index (χ1v) is 7.54. The molecule has 2 aromatic rings. The highest BCUT2D eigenvalue weighted by Gasteiger charge is 2.34. The lowest BCUT2D eigenvalue weighted by Gasteiger charge is -2.38. The van der Waals surface area contributed by atoms with E-state index >= 15 is 0 Å². The zero-order valence-corrected chi connectivity index (χ0v) is 13.2. The van der Waals surface area contributed by atoms with Crippen LogP contribution in [0.3, 0.4) is 0 Å². The van der Waals surface area contributed by atoms with Crippen LogP contribution in [-0.4, -0.2) is 35.0 Å². The molecule has 0 unspecified atom stereocenters. The first-order chi connectivity index (χ1) is 10.7. The molecule has 1 aromatic heterocycles. The average Bonchev–Trinajstić information content (AvgIpc) is 2.50. The molecule has 110 valence electrons. The lowest BCUT2D eigenvalue weighted by atomic mass is 10.1. The SMILES string of the molecule is N#Cc1cccnc1OC1CN(C(=O)c2ccccc2Br)C1. The molecule has 1 saturated heterocycles. The summed E-state index contributed by atoms with van der Waals surface area (Å²) in [4.78, 5) is 18.1. The van der Waals surface area contributed by atoms with E-state index < -0.39 is 0 Å². The van der Waals surface area contributed by atoms with E-state index in [1.807, 2.05) is 24.3 Å². The van der Waals surface area contributed by atoms with Gasteiger partial charge in [-0.15, -0.1) is 0 Å². The fraction of sp³-hybridized carbons (Fsp3) is 0.188. The zero-order valence-electron chi connectivity index (χ0n) is 11.6. The number of rotatable bonds is 3. The van der Waals surface area contributed by atoms with Crippen LogP contribution < -0.4 is 4.74 Å². The van der Waals surface area contributed by atoms with Crippen molar-refractivity contribution < 1.29 is 9.53 Å². The summed E-state index contributed by atoms with van der Waals surface area (Å²) in [5.74, 6) is 0.289. The molecule has 1 aliphatic rings. The number of benzene rings is 1. The van der Waals surface area contributed by atoms with E-state index in [1.165, 1.54) is 0 Å². The average molecular weight is 358 g/mol. The molecular formula is C16H12BrN3O2. The topological polar surface area (TPSA) is 66.2 Å². The van der Waals surface area contributed by atoms with Crippen LogP contribution in [0.5, 0.6) is 5.88 Å². The number of nitrogens with zero attached hydrogens (tertiary/aromatic N) is 3. The smallest absolute Gasteiger partial charge is 0.255 e. The van der Waals surface area contributed by atoms with Crippen molar-refractivity contribution >= 4 is 21.8 Å². The zero-order chi connectivity index (χ0) is 15.5. The Morgan fingerprint density at radius 2 is 2.09 bits per heavy atom. The maximum atomic E-state index is 12.3. The normalized spacial score (nSPS) is 14.1. The summed E-state index contributed by atoms with van der Waals surface area (Å²) in [6.45, 7) is 0.975. The van der Waals surface area contributed by atoms with Crippen molar-refractivity contribution in [2.24, 2.45) is 0 Å². The molecule has 0 atom stereocenters. The van der Waals surface area contributed by atoms with Gasteiger partial charge < -0.3 is 9.64 Å². The molecule has 0 N–H and O–H groups in total. The molecule has 0 aliphatic carbocycles. The predicted molar refractivity (Wildman–Crippen MR) is 83.4 cm³/mol. The second-order valence-corrected chi connectivity index (χ2v) is 5.75. The second-order valence-electron chi connectivity index (χ2n) is 4.90. The Bertz CT molecular complexity index is 751. The minimum atomic E-state index is -0.131. The number of ether oxygens (including phenoxy) is 1. The molecule has 3 rings (SSSR count). The van der Waals surface area contributed by atoms with Gasteiger partial charge in [0.2, 0.25) is 5.88 Å². The van der Waals surface area contributed by atoms with Crippen molar-refractivity contribution in [3.05, 3.63) is 58.2 Å². The van der Waals surface area contributed by atoms with E-state index in [1.54, 1.807) is 29.3 Å². The van der Waals surface area contributed by atoms with Crippen LogP contribution in [0.2, 0.25) is 0 Å². The summed E-state index contributed by atoms with van der Waals surface area (Å²) in [6, 6.07) is 12.7. The molecule has 0 radical (unpaired) electrons. The van der Waals surface area contributed by atoms with Crippen molar-refractivity contribution in [2.75, 3.05) is 13.1 Å². The molecule has 1 aliphatic heterocycles. The third kappa shape index (κ3) is 2.81. The number of nitriles is 1. The van der Waals surface area contributed by atoms with Gasteiger partial charge in [-0.05, 0) is 40.2 Å². The maximum absolute atomic E-state index is 12.3. The number of aromatic nitrogens is 1. The molecular weight excluding hydrogens is 346 g/mol. The Kier molecular flexibility index (Phi) is 4.07. The number of halogens is 1. The number of carbonyl (C=O) groups is 1. The van der Waals surface area contributed by atoms with Crippen molar-refractivity contribution in [2.45, 2.75) is 6.10 Å². The molecule has 1 amide bonds. The van der Waals surface area contributed by atoms with Crippen LogP contribution in [0.4, 0.5) is 0 Å². The van der Waals surface area contributed by atoms with Gasteiger partial charge in [-0.1, -0.05) is 12.1 Å². The van der Waals surface area contributed by atoms with Gasteiger partial charge in [0, 0.05) is 10.7 Å². The largest absolute Gasteiger partial charge is 0.470 e. The number of hydrogen-bond donors (Lipinski definition) is 0. The lowest BCUT2D eigenvalue weighted by molar-refractivity contribution is 0.0158. The standard InChI is InChI=1S/C16H12BrN3O2/c17-14-6-2-1-5-13(14)16(21)20-9-12(10-20)22-15-11(8-18)4-3-7-19-15/h1-7,12H,9-10H2. The van der Waals surface area contributed by atoms with E-state index in [9.17, 15) is 4.79 Å². The number of pyridine rings is 1. The van der Waals surface area contributed by atoms with Crippen molar-refractivity contribution in [3.63, 3.8) is 0 Å². The number of likely N-dealkylation sites (tertiary alicyclic amines) is 1. The van der Waals surface area contributed by atoms with Crippen LogP contribution in [0.25, 0.3) is 0 Å². The van der Waals surface area contributed by atoms with Crippen LogP contribution >= 0.6 is 15.9 Å². The van der Waals surface area contributed by atoms with Gasteiger partial charge >= 0.3 is 0 Å². The number of carbonyl (C=O) groups excluding carboxylic acids is 1. The first-order valence-electron chi connectivity index (χ1n) is 6.74. The third-order valence-electron chi connectivity index (χ3n) is 3.41. The Morgan fingerprint density at radius 3 is 2.82 bits per heavy atom. The predicted octanol–water partition coefficient (Wildman–Crippen LogP) is 2.62. The molecule has 22 heavy (non-hydrogen) atoms. The summed E-state index contributed by atoms with van der Waals surface area (Å²) in [7, 11) is 0. The van der Waals surface area contributed by atoms with Crippen molar-refractivity contribution in [3.8, 4) is 11.9 Å². The van der Waals surface area contributed by atoms with E-state index in [2.05, 4.69) is 20.9 Å². The van der Waals surface area contributed by atoms with Gasteiger partial charge in [-0.2, -0.15) is 5.26 Å². The third-order valence-corrected chi connectivity index (χ3v) is 4.10. The molecule has 1 aromatic carbocycles. The highest BCUT2D eigenvalue weighted by molar-refractivity contribution is 9.10. The molecule has 0 spiro atoms. The van der Waals surface area contributed by atoms with Gasteiger partial charge in [0.25, 0.3) is 5.91 Å². The van der Waals surface area contributed by atoms with E-state index in [4.69, 9.17) is 10.00 Å². The minimum absolute atomic E-state index is 0.0335.